The van der Waals surface area contributed by atoms with Crippen molar-refractivity contribution in [1.29, 1.82) is 0 Å². The minimum atomic E-state index is 0.571. The summed E-state index contributed by atoms with van der Waals surface area (Å²) in [6.45, 7) is 16.4. The van der Waals surface area contributed by atoms with Gasteiger partial charge in [-0.15, -0.1) is 0 Å². The number of morpholine rings is 1. The van der Waals surface area contributed by atoms with Gasteiger partial charge in [-0.25, -0.2) is 0 Å². The van der Waals surface area contributed by atoms with E-state index in [0.29, 0.717) is 11.3 Å². The van der Waals surface area contributed by atoms with E-state index in [4.69, 9.17) is 9.47 Å². The van der Waals surface area contributed by atoms with E-state index < -0.39 is 0 Å². The van der Waals surface area contributed by atoms with Gasteiger partial charge in [-0.3, -0.25) is 4.90 Å². The highest BCUT2D eigenvalue weighted by Crippen LogP contribution is 2.50. The summed E-state index contributed by atoms with van der Waals surface area (Å²) >= 11 is 0. The van der Waals surface area contributed by atoms with Crippen LogP contribution in [0.4, 0.5) is 11.4 Å². The number of hydrogen-bond donors (Lipinski definition) is 0. The quantitative estimate of drug-likeness (QED) is 0.512. The van der Waals surface area contributed by atoms with Crippen LogP contribution in [-0.4, -0.2) is 71.0 Å². The topological polar surface area (TPSA) is 28.2 Å². The Morgan fingerprint density at radius 2 is 1.52 bits per heavy atom. The lowest BCUT2D eigenvalue weighted by Gasteiger charge is -2.42. The molecule has 2 heterocycles. The maximum absolute atomic E-state index is 5.98. The zero-order valence-corrected chi connectivity index (χ0v) is 21.7. The van der Waals surface area contributed by atoms with Gasteiger partial charge in [-0.2, -0.15) is 0 Å². The molecule has 0 aromatic heterocycles. The van der Waals surface area contributed by atoms with Gasteiger partial charge in [0.25, 0.3) is 0 Å². The number of methoxy groups -OCH3 is 1. The van der Waals surface area contributed by atoms with Gasteiger partial charge in [0.05, 0.1) is 26.0 Å². The minimum Gasteiger partial charge on any atom is -0.495 e. The maximum atomic E-state index is 5.98. The Labute approximate surface area is 202 Å². The molecule has 0 atom stereocenters. The molecular formula is C28H47N3O2. The zero-order valence-electron chi connectivity index (χ0n) is 21.7. The number of anilines is 2. The van der Waals surface area contributed by atoms with E-state index in [1.54, 1.807) is 5.56 Å². The molecule has 4 rings (SSSR count). The molecule has 2 aliphatic heterocycles. The van der Waals surface area contributed by atoms with Crippen molar-refractivity contribution in [1.82, 2.24) is 4.90 Å². The second-order valence-electron chi connectivity index (χ2n) is 10.5. The number of benzene rings is 1. The number of rotatable bonds is 8. The van der Waals surface area contributed by atoms with Gasteiger partial charge in [0.15, 0.2) is 0 Å². The molecule has 5 nitrogen and oxygen atoms in total. The molecule has 0 amide bonds. The summed E-state index contributed by atoms with van der Waals surface area (Å²) in [7, 11) is 1.83. The Balaban J connectivity index is 1.64. The van der Waals surface area contributed by atoms with Gasteiger partial charge in [0.2, 0.25) is 0 Å². The van der Waals surface area contributed by atoms with Crippen molar-refractivity contribution in [3.8, 4) is 5.75 Å². The van der Waals surface area contributed by atoms with E-state index in [2.05, 4.69) is 47.6 Å². The lowest BCUT2D eigenvalue weighted by molar-refractivity contribution is 0.122. The Hall–Kier alpha value is -1.46. The lowest BCUT2D eigenvalue weighted by Crippen LogP contribution is -2.47. The van der Waals surface area contributed by atoms with Crippen molar-refractivity contribution >= 4 is 11.4 Å². The van der Waals surface area contributed by atoms with E-state index in [1.165, 1.54) is 76.0 Å². The molecule has 0 bridgehead atoms. The van der Waals surface area contributed by atoms with Crippen molar-refractivity contribution in [2.24, 2.45) is 5.41 Å². The predicted octanol–water partition coefficient (Wildman–Crippen LogP) is 5.53. The number of piperazine rings is 1. The molecule has 1 aliphatic carbocycles. The van der Waals surface area contributed by atoms with E-state index in [0.717, 1.165) is 45.1 Å². The first-order valence-electron chi connectivity index (χ1n) is 13.6. The van der Waals surface area contributed by atoms with E-state index in [-0.39, 0.29) is 0 Å². The normalized spacial score (nSPS) is 22.5. The van der Waals surface area contributed by atoms with Crippen LogP contribution in [0.25, 0.3) is 0 Å². The molecule has 5 heteroatoms. The van der Waals surface area contributed by atoms with Crippen LogP contribution in [-0.2, 0) is 4.74 Å². The highest BCUT2D eigenvalue weighted by molar-refractivity contribution is 5.71. The van der Waals surface area contributed by atoms with Crippen LogP contribution >= 0.6 is 0 Å². The Morgan fingerprint density at radius 1 is 0.879 bits per heavy atom. The van der Waals surface area contributed by atoms with E-state index in [9.17, 15) is 0 Å². The summed E-state index contributed by atoms with van der Waals surface area (Å²) in [6.07, 6.45) is 9.26. The molecule has 2 saturated heterocycles. The molecule has 1 aromatic carbocycles. The third-order valence-electron chi connectivity index (χ3n) is 8.92. The largest absolute Gasteiger partial charge is 0.495 e. The molecule has 3 aliphatic rings. The number of ether oxygens (including phenoxy) is 2. The average molecular weight is 458 g/mol. The van der Waals surface area contributed by atoms with Crippen LogP contribution in [0.5, 0.6) is 5.75 Å². The van der Waals surface area contributed by atoms with Crippen LogP contribution < -0.4 is 14.5 Å². The highest BCUT2D eigenvalue weighted by Gasteiger charge is 2.35. The fourth-order valence-corrected chi connectivity index (χ4v) is 6.42. The molecular weight excluding hydrogens is 410 g/mol. The van der Waals surface area contributed by atoms with Gasteiger partial charge in [-0.05, 0) is 61.6 Å². The molecule has 1 aromatic rings. The van der Waals surface area contributed by atoms with Crippen LogP contribution in [0.2, 0.25) is 0 Å². The van der Waals surface area contributed by atoms with Crippen LogP contribution in [0.1, 0.15) is 77.2 Å². The molecule has 0 radical (unpaired) electrons. The van der Waals surface area contributed by atoms with Crippen molar-refractivity contribution in [3.63, 3.8) is 0 Å². The maximum Gasteiger partial charge on any atom is 0.144 e. The third-order valence-corrected chi connectivity index (χ3v) is 8.92. The zero-order chi connectivity index (χ0) is 23.3. The second kappa shape index (κ2) is 11.3. The summed E-state index contributed by atoms with van der Waals surface area (Å²) in [5, 5.41) is 0. The van der Waals surface area contributed by atoms with Gasteiger partial charge in [-0.1, -0.05) is 33.6 Å². The third kappa shape index (κ3) is 5.45. The minimum absolute atomic E-state index is 0.571. The molecule has 3 fully saturated rings. The highest BCUT2D eigenvalue weighted by atomic mass is 16.5. The van der Waals surface area contributed by atoms with Crippen molar-refractivity contribution < 1.29 is 9.47 Å². The lowest BCUT2D eigenvalue weighted by atomic mass is 9.66. The predicted molar refractivity (Wildman–Crippen MR) is 139 cm³/mol. The van der Waals surface area contributed by atoms with Gasteiger partial charge in [0, 0.05) is 51.0 Å². The summed E-state index contributed by atoms with van der Waals surface area (Å²) in [5.41, 5.74) is 4.85. The Kier molecular flexibility index (Phi) is 8.45. The Morgan fingerprint density at radius 3 is 2.09 bits per heavy atom. The summed E-state index contributed by atoms with van der Waals surface area (Å²) in [4.78, 5) is 7.74. The first kappa shape index (κ1) is 24.7. The smallest absolute Gasteiger partial charge is 0.144 e. The molecule has 0 N–H and O–H groups in total. The van der Waals surface area contributed by atoms with Crippen molar-refractivity contribution in [3.05, 3.63) is 17.7 Å². The first-order valence-corrected chi connectivity index (χ1v) is 13.6. The first-order chi connectivity index (χ1) is 16.1. The van der Waals surface area contributed by atoms with Gasteiger partial charge >= 0.3 is 0 Å². The molecule has 0 unspecified atom stereocenters. The van der Waals surface area contributed by atoms with E-state index in [1.807, 2.05) is 7.11 Å². The summed E-state index contributed by atoms with van der Waals surface area (Å²) in [5.74, 6) is 1.68. The van der Waals surface area contributed by atoms with Crippen molar-refractivity contribution in [2.45, 2.75) is 71.6 Å². The van der Waals surface area contributed by atoms with Gasteiger partial charge in [0.1, 0.15) is 5.75 Å². The SMILES string of the molecule is CCCN1CCN(c2cc(OC)c(N3CCOCC3)cc2C2CCC(CC)(CC)CC2)CC1. The summed E-state index contributed by atoms with van der Waals surface area (Å²) in [6, 6.07) is 4.88. The molecule has 33 heavy (non-hydrogen) atoms. The standard InChI is InChI=1S/C28H47N3O2/c1-5-12-29-13-15-30(16-14-29)25-22-27(32-4)26(31-17-19-33-20-18-31)21-24(25)23-8-10-28(6-2,7-3)11-9-23/h21-23H,5-20H2,1-4H3. The van der Waals surface area contributed by atoms with E-state index >= 15 is 0 Å². The molecule has 186 valence electrons. The average Bonchev–Trinajstić information content (AvgIpc) is 2.89. The second-order valence-corrected chi connectivity index (χ2v) is 10.5. The monoisotopic (exact) mass is 457 g/mol. The van der Waals surface area contributed by atoms with Crippen LogP contribution in [0.15, 0.2) is 12.1 Å². The number of hydrogen-bond acceptors (Lipinski definition) is 5. The fraction of sp³-hybridized carbons (Fsp3) is 0.786. The Bertz CT molecular complexity index is 740. The fourth-order valence-electron chi connectivity index (χ4n) is 6.42. The van der Waals surface area contributed by atoms with Crippen LogP contribution in [0, 0.1) is 5.41 Å². The van der Waals surface area contributed by atoms with Gasteiger partial charge < -0.3 is 19.3 Å². The van der Waals surface area contributed by atoms with Crippen LogP contribution in [0.3, 0.4) is 0 Å². The van der Waals surface area contributed by atoms with Crippen molar-refractivity contribution in [2.75, 3.05) is 75.9 Å². The molecule has 0 spiro atoms. The number of nitrogens with zero attached hydrogens (tertiary/aromatic N) is 3. The molecule has 1 saturated carbocycles. The summed E-state index contributed by atoms with van der Waals surface area (Å²) < 4.78 is 11.6.